The summed E-state index contributed by atoms with van der Waals surface area (Å²) in [6.45, 7) is 16.7. The molecule has 1 aromatic carbocycles. The van der Waals surface area contributed by atoms with Gasteiger partial charge in [-0.05, 0) is 133 Å². The van der Waals surface area contributed by atoms with Gasteiger partial charge in [0.15, 0.2) is 19.7 Å². The van der Waals surface area contributed by atoms with Crippen LogP contribution in [0.5, 0.6) is 0 Å². The van der Waals surface area contributed by atoms with Gasteiger partial charge in [-0.15, -0.1) is 0 Å². The SMILES string of the molecule is C=C(/C=C(\C)C1CCN(CCC)CC1)S(=O)(=O)CCCCS(=O)(=O)c1cccc(C2CCN(CCC)CC2)c1. The van der Waals surface area contributed by atoms with Crippen molar-refractivity contribution in [1.82, 2.24) is 9.80 Å². The van der Waals surface area contributed by atoms with Crippen LogP contribution in [0.4, 0.5) is 0 Å². The molecule has 2 fully saturated rings. The number of rotatable bonds is 14. The van der Waals surface area contributed by atoms with Crippen LogP contribution in [0.15, 0.2) is 52.3 Å². The van der Waals surface area contributed by atoms with Gasteiger partial charge in [-0.25, -0.2) is 16.8 Å². The molecular formula is C31H50N2O4S2. The molecule has 8 heteroatoms. The Morgan fingerprint density at radius 2 is 1.46 bits per heavy atom. The lowest BCUT2D eigenvalue weighted by atomic mass is 9.89. The molecule has 2 heterocycles. The number of hydrogen-bond acceptors (Lipinski definition) is 6. The van der Waals surface area contributed by atoms with Crippen molar-refractivity contribution < 1.29 is 16.8 Å². The van der Waals surface area contributed by atoms with Crippen molar-refractivity contribution >= 4 is 19.7 Å². The van der Waals surface area contributed by atoms with Gasteiger partial charge >= 0.3 is 0 Å². The minimum absolute atomic E-state index is 0.0431. The summed E-state index contributed by atoms with van der Waals surface area (Å²) >= 11 is 0. The van der Waals surface area contributed by atoms with Crippen molar-refractivity contribution in [3.05, 3.63) is 53.0 Å². The topological polar surface area (TPSA) is 74.8 Å². The quantitative estimate of drug-likeness (QED) is 0.204. The zero-order valence-electron chi connectivity index (χ0n) is 24.4. The van der Waals surface area contributed by atoms with Crippen LogP contribution in [0.25, 0.3) is 0 Å². The van der Waals surface area contributed by atoms with Crippen molar-refractivity contribution in [2.75, 3.05) is 50.8 Å². The van der Waals surface area contributed by atoms with Crippen LogP contribution in [-0.2, 0) is 19.7 Å². The molecule has 220 valence electrons. The van der Waals surface area contributed by atoms with Crippen LogP contribution in [0.1, 0.15) is 83.6 Å². The molecule has 0 bridgehead atoms. The molecule has 39 heavy (non-hydrogen) atoms. The predicted molar refractivity (Wildman–Crippen MR) is 163 cm³/mol. The molecular weight excluding hydrogens is 528 g/mol. The van der Waals surface area contributed by atoms with E-state index in [1.165, 1.54) is 0 Å². The van der Waals surface area contributed by atoms with Gasteiger partial charge < -0.3 is 9.80 Å². The summed E-state index contributed by atoms with van der Waals surface area (Å²) in [5.41, 5.74) is 2.18. The summed E-state index contributed by atoms with van der Waals surface area (Å²) in [6.07, 6.45) is 8.87. The number of sulfone groups is 2. The van der Waals surface area contributed by atoms with Gasteiger partial charge in [-0.2, -0.15) is 0 Å². The van der Waals surface area contributed by atoms with Crippen LogP contribution in [0.3, 0.4) is 0 Å². The summed E-state index contributed by atoms with van der Waals surface area (Å²) in [7, 11) is -6.97. The number of benzene rings is 1. The van der Waals surface area contributed by atoms with Crippen LogP contribution in [0, 0.1) is 5.92 Å². The zero-order chi connectivity index (χ0) is 28.5. The Kier molecular flexibility index (Phi) is 12.3. The highest BCUT2D eigenvalue weighted by molar-refractivity contribution is 7.95. The van der Waals surface area contributed by atoms with Crippen molar-refractivity contribution in [2.45, 2.75) is 83.0 Å². The number of hydrogen-bond donors (Lipinski definition) is 0. The lowest BCUT2D eigenvalue weighted by Gasteiger charge is -2.32. The molecule has 2 aliphatic heterocycles. The first-order chi connectivity index (χ1) is 18.6. The molecule has 0 saturated carbocycles. The first-order valence-corrected chi connectivity index (χ1v) is 18.2. The third kappa shape index (κ3) is 9.55. The first kappa shape index (κ1) is 32.0. The average Bonchev–Trinajstić information content (AvgIpc) is 2.92. The molecule has 0 atom stereocenters. The minimum atomic E-state index is -3.51. The number of likely N-dealkylation sites (tertiary alicyclic amines) is 2. The average molecular weight is 579 g/mol. The first-order valence-electron chi connectivity index (χ1n) is 14.9. The second kappa shape index (κ2) is 14.9. The summed E-state index contributed by atoms with van der Waals surface area (Å²) in [6, 6.07) is 7.40. The Bertz CT molecular complexity index is 1170. The van der Waals surface area contributed by atoms with Crippen LogP contribution < -0.4 is 0 Å². The van der Waals surface area contributed by atoms with Gasteiger partial charge in [0.05, 0.1) is 21.3 Å². The molecule has 0 radical (unpaired) electrons. The molecule has 0 amide bonds. The van der Waals surface area contributed by atoms with E-state index in [0.717, 1.165) is 88.9 Å². The molecule has 0 aromatic heterocycles. The van der Waals surface area contributed by atoms with E-state index in [1.807, 2.05) is 25.1 Å². The second-order valence-electron chi connectivity index (χ2n) is 11.5. The van der Waals surface area contributed by atoms with E-state index < -0.39 is 19.7 Å². The third-order valence-corrected chi connectivity index (χ3v) is 12.0. The van der Waals surface area contributed by atoms with Gasteiger partial charge in [0.2, 0.25) is 0 Å². The Hall–Kier alpha value is -1.48. The Balaban J connectivity index is 1.48. The van der Waals surface area contributed by atoms with E-state index in [9.17, 15) is 16.8 Å². The Labute approximate surface area is 238 Å². The molecule has 0 aliphatic carbocycles. The molecule has 6 nitrogen and oxygen atoms in total. The largest absolute Gasteiger partial charge is 0.303 e. The third-order valence-electron chi connectivity index (χ3n) is 8.45. The molecule has 2 saturated heterocycles. The second-order valence-corrected chi connectivity index (χ2v) is 15.8. The monoisotopic (exact) mass is 578 g/mol. The lowest BCUT2D eigenvalue weighted by molar-refractivity contribution is 0.199. The van der Waals surface area contributed by atoms with E-state index in [4.69, 9.17) is 0 Å². The number of piperidine rings is 2. The van der Waals surface area contributed by atoms with Gasteiger partial charge in [0.1, 0.15) is 0 Å². The van der Waals surface area contributed by atoms with Crippen LogP contribution in [-0.4, -0.2) is 77.4 Å². The number of unbranched alkanes of at least 4 members (excludes halogenated alkanes) is 1. The highest BCUT2D eigenvalue weighted by Crippen LogP contribution is 2.30. The predicted octanol–water partition coefficient (Wildman–Crippen LogP) is 5.83. The van der Waals surface area contributed by atoms with Crippen LogP contribution >= 0.6 is 0 Å². The van der Waals surface area contributed by atoms with Crippen molar-refractivity contribution in [2.24, 2.45) is 5.92 Å². The summed E-state index contributed by atoms with van der Waals surface area (Å²) in [4.78, 5) is 5.45. The lowest BCUT2D eigenvalue weighted by Crippen LogP contribution is -2.34. The molecule has 1 aromatic rings. The van der Waals surface area contributed by atoms with E-state index in [0.29, 0.717) is 29.6 Å². The minimum Gasteiger partial charge on any atom is -0.303 e. The fourth-order valence-electron chi connectivity index (χ4n) is 5.99. The van der Waals surface area contributed by atoms with Gasteiger partial charge in [-0.1, -0.05) is 38.1 Å². The van der Waals surface area contributed by atoms with Gasteiger partial charge in [0.25, 0.3) is 0 Å². The van der Waals surface area contributed by atoms with Gasteiger partial charge in [0, 0.05) is 0 Å². The number of nitrogens with zero attached hydrogens (tertiary/aromatic N) is 2. The van der Waals surface area contributed by atoms with E-state index >= 15 is 0 Å². The van der Waals surface area contributed by atoms with Crippen LogP contribution in [0.2, 0.25) is 0 Å². The maximum Gasteiger partial charge on any atom is 0.178 e. The molecule has 2 aliphatic rings. The fourth-order valence-corrected chi connectivity index (χ4v) is 8.62. The van der Waals surface area contributed by atoms with E-state index in [1.54, 1.807) is 12.1 Å². The van der Waals surface area contributed by atoms with Crippen molar-refractivity contribution in [3.8, 4) is 0 Å². The van der Waals surface area contributed by atoms with Crippen molar-refractivity contribution in [3.63, 3.8) is 0 Å². The van der Waals surface area contributed by atoms with E-state index in [2.05, 4.69) is 30.2 Å². The van der Waals surface area contributed by atoms with E-state index in [-0.39, 0.29) is 16.4 Å². The molecule has 0 unspecified atom stereocenters. The zero-order valence-corrected chi connectivity index (χ0v) is 26.0. The normalized spacial score (nSPS) is 19.4. The molecule has 0 spiro atoms. The summed E-state index contributed by atoms with van der Waals surface area (Å²) < 4.78 is 51.8. The smallest absolute Gasteiger partial charge is 0.178 e. The van der Waals surface area contributed by atoms with Gasteiger partial charge in [-0.3, -0.25) is 0 Å². The summed E-state index contributed by atoms with van der Waals surface area (Å²) in [5, 5.41) is 0. The molecule has 3 rings (SSSR count). The fraction of sp³-hybridized carbons (Fsp3) is 0.677. The maximum absolute atomic E-state index is 13.1. The highest BCUT2D eigenvalue weighted by atomic mass is 32.2. The maximum atomic E-state index is 13.1. The molecule has 0 N–H and O–H groups in total. The highest BCUT2D eigenvalue weighted by Gasteiger charge is 2.24. The Morgan fingerprint density at radius 3 is 2.05 bits per heavy atom. The standard InChI is InChI=1S/C31H50N2O4S2/c1-5-16-32-18-12-28(13-19-32)26(3)24-27(4)38(34,35)22-7-8-23-39(36,37)31-11-9-10-30(25-31)29-14-20-33(17-6-2)21-15-29/h9-11,24-25,28-29H,4-8,12-23H2,1-3H3/b26-24+. The Morgan fingerprint density at radius 1 is 0.897 bits per heavy atom. The summed E-state index contributed by atoms with van der Waals surface area (Å²) in [5.74, 6) is 0.675. The number of allylic oxidation sites excluding steroid dienone is 2. The van der Waals surface area contributed by atoms with Crippen molar-refractivity contribution in [1.29, 1.82) is 0 Å².